The van der Waals surface area contributed by atoms with Crippen LogP contribution in [0.5, 0.6) is 0 Å². The van der Waals surface area contributed by atoms with E-state index in [-0.39, 0.29) is 0 Å². The van der Waals surface area contributed by atoms with Gasteiger partial charge in [-0.2, -0.15) is 0 Å². The third-order valence-electron chi connectivity index (χ3n) is 1.45. The summed E-state index contributed by atoms with van der Waals surface area (Å²) in [5, 5.41) is 0. The Morgan fingerprint density at radius 1 is 1.53 bits per heavy atom. The first-order valence-electron chi connectivity index (χ1n) is 4.49. The van der Waals surface area contributed by atoms with Gasteiger partial charge in [0.2, 0.25) is 0 Å². The standard InChI is InChI=1S/C8H13O5PS/c1-3-10-8(9)6-7(2)13-14(15)11-4-5-12-14/h6H,3-5H2,1-2H3/b7-6+. The van der Waals surface area contributed by atoms with E-state index in [0.717, 1.165) is 0 Å². The summed E-state index contributed by atoms with van der Waals surface area (Å²) in [6.45, 7) is 1.88. The van der Waals surface area contributed by atoms with E-state index < -0.39 is 12.7 Å². The molecule has 15 heavy (non-hydrogen) atoms. The Morgan fingerprint density at radius 2 is 2.13 bits per heavy atom. The number of carbonyl (C=O) groups excluding carboxylic acids is 1. The van der Waals surface area contributed by atoms with Crippen molar-refractivity contribution in [3.63, 3.8) is 0 Å². The molecule has 7 heteroatoms. The molecular weight excluding hydrogens is 239 g/mol. The molecule has 1 saturated heterocycles. The third-order valence-corrected chi connectivity index (χ3v) is 3.81. The van der Waals surface area contributed by atoms with Crippen LogP contribution >= 0.6 is 6.72 Å². The molecule has 0 atom stereocenters. The Morgan fingerprint density at radius 3 is 2.67 bits per heavy atom. The highest BCUT2D eigenvalue weighted by Gasteiger charge is 2.28. The maximum Gasteiger partial charge on any atom is 0.380 e. The maximum absolute atomic E-state index is 11.0. The summed E-state index contributed by atoms with van der Waals surface area (Å²) in [4.78, 5) is 11.0. The molecule has 1 heterocycles. The van der Waals surface area contributed by atoms with E-state index in [9.17, 15) is 4.79 Å². The first kappa shape index (κ1) is 12.6. The summed E-state index contributed by atoms with van der Waals surface area (Å²) >= 11 is 5.01. The highest BCUT2D eigenvalue weighted by Crippen LogP contribution is 2.54. The number of hydrogen-bond acceptors (Lipinski definition) is 6. The summed E-state index contributed by atoms with van der Waals surface area (Å²) in [6, 6.07) is 0. The predicted molar refractivity (Wildman–Crippen MR) is 57.7 cm³/mol. The molecule has 0 radical (unpaired) electrons. The molecule has 0 aromatic carbocycles. The highest BCUT2D eigenvalue weighted by molar-refractivity contribution is 8.07. The summed E-state index contributed by atoms with van der Waals surface area (Å²) in [7, 11) is 0. The molecule has 0 saturated carbocycles. The van der Waals surface area contributed by atoms with Crippen molar-refractivity contribution in [1.82, 2.24) is 0 Å². The molecule has 1 aliphatic rings. The van der Waals surface area contributed by atoms with Crippen LogP contribution in [0.3, 0.4) is 0 Å². The van der Waals surface area contributed by atoms with E-state index in [0.29, 0.717) is 25.6 Å². The SMILES string of the molecule is CCOC(=O)/C=C(\C)OP1(=S)OCCO1. The zero-order valence-corrected chi connectivity index (χ0v) is 10.3. The van der Waals surface area contributed by atoms with Crippen LogP contribution in [0.15, 0.2) is 11.8 Å². The van der Waals surface area contributed by atoms with E-state index in [1.807, 2.05) is 0 Å². The van der Waals surface area contributed by atoms with Crippen molar-refractivity contribution in [2.45, 2.75) is 13.8 Å². The van der Waals surface area contributed by atoms with Crippen molar-refractivity contribution >= 4 is 24.5 Å². The molecule has 0 aromatic heterocycles. The van der Waals surface area contributed by atoms with Crippen molar-refractivity contribution < 1.29 is 23.1 Å². The van der Waals surface area contributed by atoms with Crippen LogP contribution in [0.25, 0.3) is 0 Å². The van der Waals surface area contributed by atoms with Crippen LogP contribution in [0.4, 0.5) is 0 Å². The second-order valence-corrected chi connectivity index (χ2v) is 5.65. The lowest BCUT2D eigenvalue weighted by molar-refractivity contribution is -0.137. The van der Waals surface area contributed by atoms with Crippen LogP contribution in [0, 0.1) is 0 Å². The Kier molecular flexibility index (Phi) is 4.73. The second-order valence-electron chi connectivity index (χ2n) is 2.71. The Balaban J connectivity index is 2.50. The maximum atomic E-state index is 11.0. The van der Waals surface area contributed by atoms with Gasteiger partial charge in [0.25, 0.3) is 0 Å². The van der Waals surface area contributed by atoms with E-state index >= 15 is 0 Å². The fourth-order valence-electron chi connectivity index (χ4n) is 0.941. The summed E-state index contributed by atoms with van der Waals surface area (Å²) in [5.74, 6) is -0.116. The van der Waals surface area contributed by atoms with E-state index in [1.54, 1.807) is 13.8 Å². The molecule has 86 valence electrons. The molecule has 0 aromatic rings. The largest absolute Gasteiger partial charge is 0.463 e. The first-order valence-corrected chi connectivity index (χ1v) is 7.05. The molecule has 0 aliphatic carbocycles. The van der Waals surface area contributed by atoms with Gasteiger partial charge in [0.15, 0.2) is 0 Å². The topological polar surface area (TPSA) is 54.0 Å². The van der Waals surface area contributed by atoms with Gasteiger partial charge in [-0.3, -0.25) is 9.05 Å². The van der Waals surface area contributed by atoms with E-state index in [4.69, 9.17) is 30.1 Å². The number of esters is 1. The normalized spacial score (nSPS) is 20.0. The summed E-state index contributed by atoms with van der Waals surface area (Å²) < 4.78 is 20.3. The van der Waals surface area contributed by atoms with Gasteiger partial charge in [-0.25, -0.2) is 4.79 Å². The number of hydrogen-bond donors (Lipinski definition) is 0. The van der Waals surface area contributed by atoms with Gasteiger partial charge in [-0.1, -0.05) is 0 Å². The minimum Gasteiger partial charge on any atom is -0.463 e. The Bertz CT molecular complexity index is 304. The van der Waals surface area contributed by atoms with E-state index in [2.05, 4.69) is 0 Å². The van der Waals surface area contributed by atoms with Crippen LogP contribution < -0.4 is 0 Å². The second kappa shape index (κ2) is 5.61. The zero-order valence-electron chi connectivity index (χ0n) is 8.60. The van der Waals surface area contributed by atoms with Gasteiger partial charge in [0.1, 0.15) is 5.76 Å². The minimum atomic E-state index is -2.64. The zero-order chi connectivity index (χ0) is 11.3. The number of allylic oxidation sites excluding steroid dienone is 1. The van der Waals surface area contributed by atoms with Crippen molar-refractivity contribution in [2.75, 3.05) is 19.8 Å². The lowest BCUT2D eigenvalue weighted by atomic mass is 10.5. The van der Waals surface area contributed by atoms with Gasteiger partial charge in [-0.05, 0) is 13.8 Å². The van der Waals surface area contributed by atoms with E-state index in [1.165, 1.54) is 6.08 Å². The van der Waals surface area contributed by atoms with Crippen molar-refractivity contribution in [2.24, 2.45) is 0 Å². The fourth-order valence-corrected chi connectivity index (χ4v) is 2.92. The molecule has 0 unspecified atom stereocenters. The average Bonchev–Trinajstić information content (AvgIpc) is 2.51. The molecule has 1 fully saturated rings. The Labute approximate surface area is 93.6 Å². The Hall–Kier alpha value is -0.420. The highest BCUT2D eigenvalue weighted by atomic mass is 32.5. The lowest BCUT2D eigenvalue weighted by Gasteiger charge is -2.14. The smallest absolute Gasteiger partial charge is 0.380 e. The van der Waals surface area contributed by atoms with Crippen molar-refractivity contribution in [3.8, 4) is 0 Å². The van der Waals surface area contributed by atoms with Crippen LogP contribution in [-0.4, -0.2) is 25.8 Å². The molecule has 5 nitrogen and oxygen atoms in total. The number of ether oxygens (including phenoxy) is 1. The lowest BCUT2D eigenvalue weighted by Crippen LogP contribution is -2.01. The molecule has 1 rings (SSSR count). The predicted octanol–water partition coefficient (Wildman–Crippen LogP) is 1.74. The van der Waals surface area contributed by atoms with Crippen molar-refractivity contribution in [3.05, 3.63) is 11.8 Å². The van der Waals surface area contributed by atoms with Gasteiger partial charge in [0.05, 0.1) is 25.9 Å². The monoisotopic (exact) mass is 252 g/mol. The molecule has 0 N–H and O–H groups in total. The number of rotatable bonds is 4. The van der Waals surface area contributed by atoms with Gasteiger partial charge < -0.3 is 9.26 Å². The first-order chi connectivity index (χ1) is 7.06. The molecule has 0 spiro atoms. The summed E-state index contributed by atoms with van der Waals surface area (Å²) in [6.07, 6.45) is 1.22. The van der Waals surface area contributed by atoms with Crippen LogP contribution in [0.2, 0.25) is 0 Å². The molecular formula is C8H13O5PS. The molecule has 0 amide bonds. The van der Waals surface area contributed by atoms with Crippen LogP contribution in [0.1, 0.15) is 13.8 Å². The van der Waals surface area contributed by atoms with Gasteiger partial charge in [-0.15, -0.1) is 0 Å². The molecule has 1 aliphatic heterocycles. The van der Waals surface area contributed by atoms with Crippen molar-refractivity contribution in [1.29, 1.82) is 0 Å². The van der Waals surface area contributed by atoms with Gasteiger partial charge >= 0.3 is 12.7 Å². The average molecular weight is 252 g/mol. The van der Waals surface area contributed by atoms with Gasteiger partial charge in [0, 0.05) is 11.8 Å². The van der Waals surface area contributed by atoms with Crippen LogP contribution in [-0.2, 0) is 34.9 Å². The number of carbonyl (C=O) groups is 1. The molecule has 0 bridgehead atoms. The third kappa shape index (κ3) is 4.30. The fraction of sp³-hybridized carbons (Fsp3) is 0.625. The quantitative estimate of drug-likeness (QED) is 0.329. The minimum absolute atomic E-state index is 0.323. The summed E-state index contributed by atoms with van der Waals surface area (Å²) in [5.41, 5.74) is 0.